The molecule has 6 heteroatoms. The van der Waals surface area contributed by atoms with Crippen LogP contribution < -0.4 is 10.1 Å². The van der Waals surface area contributed by atoms with Gasteiger partial charge in [-0.2, -0.15) is 15.0 Å². The summed E-state index contributed by atoms with van der Waals surface area (Å²) in [6.45, 7) is 6.65. The molecule has 0 atom stereocenters. The molecule has 1 aromatic heterocycles. The van der Waals surface area contributed by atoms with E-state index in [-0.39, 0.29) is 11.3 Å². The van der Waals surface area contributed by atoms with E-state index < -0.39 is 0 Å². The van der Waals surface area contributed by atoms with Crippen LogP contribution in [0, 0.1) is 13.8 Å². The molecule has 20 heavy (non-hydrogen) atoms. The van der Waals surface area contributed by atoms with Crippen LogP contribution in [0.5, 0.6) is 6.01 Å². The van der Waals surface area contributed by atoms with Gasteiger partial charge in [-0.25, -0.2) is 0 Å². The predicted molar refractivity (Wildman–Crippen MR) is 79.8 cm³/mol. The topological polar surface area (TPSA) is 59.9 Å². The molecule has 106 valence electrons. The summed E-state index contributed by atoms with van der Waals surface area (Å²) in [6, 6.07) is 6.23. The number of aryl methyl sites for hydroxylation is 1. The molecule has 1 heterocycles. The smallest absolute Gasteiger partial charge is 0.322 e. The van der Waals surface area contributed by atoms with Crippen molar-refractivity contribution in [1.82, 2.24) is 15.0 Å². The molecule has 0 amide bonds. The Labute approximate surface area is 123 Å². The fourth-order valence-corrected chi connectivity index (χ4v) is 1.81. The summed E-state index contributed by atoms with van der Waals surface area (Å²) in [5.41, 5.74) is 3.27. The molecule has 2 rings (SSSR count). The summed E-state index contributed by atoms with van der Waals surface area (Å²) in [4.78, 5) is 12.2. The molecule has 1 aromatic carbocycles. The molecular formula is C14H17ClN4O. The molecule has 0 bridgehead atoms. The highest BCUT2D eigenvalue weighted by Gasteiger charge is 2.08. The number of hydrogen-bond acceptors (Lipinski definition) is 5. The van der Waals surface area contributed by atoms with Crippen molar-refractivity contribution in [2.75, 3.05) is 11.9 Å². The van der Waals surface area contributed by atoms with Gasteiger partial charge in [-0.05, 0) is 49.1 Å². The maximum Gasteiger partial charge on any atom is 0.322 e. The van der Waals surface area contributed by atoms with Gasteiger partial charge in [0, 0.05) is 5.69 Å². The first-order chi connectivity index (χ1) is 9.60. The fraction of sp³-hybridized carbons (Fsp3) is 0.357. The van der Waals surface area contributed by atoms with Gasteiger partial charge in [0.1, 0.15) is 0 Å². The molecule has 0 aliphatic heterocycles. The summed E-state index contributed by atoms with van der Waals surface area (Å²) >= 11 is 5.88. The van der Waals surface area contributed by atoms with Crippen molar-refractivity contribution in [3.63, 3.8) is 0 Å². The van der Waals surface area contributed by atoms with Gasteiger partial charge in [-0.3, -0.25) is 0 Å². The Morgan fingerprint density at radius 1 is 1.20 bits per heavy atom. The second kappa shape index (κ2) is 6.52. The Morgan fingerprint density at radius 3 is 2.75 bits per heavy atom. The number of ether oxygens (including phenoxy) is 1. The molecule has 0 aliphatic carbocycles. The van der Waals surface area contributed by atoms with Crippen LogP contribution in [0.25, 0.3) is 0 Å². The number of nitrogens with zero attached hydrogens (tertiary/aromatic N) is 3. The number of benzene rings is 1. The number of nitrogens with one attached hydrogen (secondary N) is 1. The highest BCUT2D eigenvalue weighted by molar-refractivity contribution is 6.28. The van der Waals surface area contributed by atoms with Gasteiger partial charge in [-0.1, -0.05) is 19.1 Å². The van der Waals surface area contributed by atoms with Crippen molar-refractivity contribution >= 4 is 23.2 Å². The van der Waals surface area contributed by atoms with Crippen molar-refractivity contribution in [1.29, 1.82) is 0 Å². The van der Waals surface area contributed by atoms with Crippen molar-refractivity contribution in [3.05, 3.63) is 34.6 Å². The summed E-state index contributed by atoms with van der Waals surface area (Å²) in [6.07, 6.45) is 0.878. The molecule has 0 spiro atoms. The average Bonchev–Trinajstić information content (AvgIpc) is 2.41. The maximum atomic E-state index is 5.88. The minimum Gasteiger partial charge on any atom is -0.463 e. The zero-order chi connectivity index (χ0) is 14.5. The monoisotopic (exact) mass is 292 g/mol. The van der Waals surface area contributed by atoms with E-state index in [9.17, 15) is 0 Å². The second-order valence-electron chi connectivity index (χ2n) is 4.43. The average molecular weight is 293 g/mol. The zero-order valence-corrected chi connectivity index (χ0v) is 12.5. The Balaban J connectivity index is 2.24. The molecule has 0 saturated heterocycles. The van der Waals surface area contributed by atoms with Crippen LogP contribution in [0.4, 0.5) is 11.6 Å². The fourth-order valence-electron chi connectivity index (χ4n) is 1.65. The third-order valence-electron chi connectivity index (χ3n) is 2.87. The highest BCUT2D eigenvalue weighted by atomic mass is 35.5. The largest absolute Gasteiger partial charge is 0.463 e. The lowest BCUT2D eigenvalue weighted by Gasteiger charge is -2.11. The molecule has 0 radical (unpaired) electrons. The summed E-state index contributed by atoms with van der Waals surface area (Å²) in [5.74, 6) is 0.379. The minimum atomic E-state index is 0.110. The van der Waals surface area contributed by atoms with E-state index in [0.29, 0.717) is 12.6 Å². The molecule has 0 aliphatic rings. The molecule has 0 unspecified atom stereocenters. The van der Waals surface area contributed by atoms with Crippen LogP contribution in [0.1, 0.15) is 24.5 Å². The third kappa shape index (κ3) is 3.57. The molecule has 5 nitrogen and oxygen atoms in total. The first-order valence-electron chi connectivity index (χ1n) is 6.47. The van der Waals surface area contributed by atoms with Crippen LogP contribution in [0.3, 0.4) is 0 Å². The van der Waals surface area contributed by atoms with Crippen LogP contribution in [-0.4, -0.2) is 21.6 Å². The summed E-state index contributed by atoms with van der Waals surface area (Å²) < 4.78 is 5.38. The van der Waals surface area contributed by atoms with E-state index in [1.807, 2.05) is 26.0 Å². The normalized spacial score (nSPS) is 10.4. The van der Waals surface area contributed by atoms with Crippen molar-refractivity contribution in [2.45, 2.75) is 27.2 Å². The zero-order valence-electron chi connectivity index (χ0n) is 11.8. The van der Waals surface area contributed by atoms with Crippen molar-refractivity contribution in [3.8, 4) is 6.01 Å². The standard InChI is InChI=1S/C14H17ClN4O/c1-4-8-20-14-18-12(15)17-13(19-14)16-11-7-5-6-9(2)10(11)3/h5-7H,4,8H2,1-3H3,(H,16,17,18,19). The molecular weight excluding hydrogens is 276 g/mol. The number of halogens is 1. The van der Waals surface area contributed by atoms with Gasteiger partial charge in [0.25, 0.3) is 0 Å². The summed E-state index contributed by atoms with van der Waals surface area (Å²) in [7, 11) is 0. The summed E-state index contributed by atoms with van der Waals surface area (Å²) in [5, 5.41) is 3.25. The van der Waals surface area contributed by atoms with Gasteiger partial charge in [0.15, 0.2) is 0 Å². The van der Waals surface area contributed by atoms with Crippen LogP contribution in [-0.2, 0) is 0 Å². The Morgan fingerprint density at radius 2 is 2.00 bits per heavy atom. The number of aromatic nitrogens is 3. The molecule has 0 saturated carbocycles. The van der Waals surface area contributed by atoms with Crippen molar-refractivity contribution < 1.29 is 4.74 Å². The first kappa shape index (κ1) is 14.5. The SMILES string of the molecule is CCCOc1nc(Cl)nc(Nc2cccc(C)c2C)n1. The Bertz CT molecular complexity index is 604. The number of rotatable bonds is 5. The lowest BCUT2D eigenvalue weighted by molar-refractivity contribution is 0.292. The van der Waals surface area contributed by atoms with Crippen LogP contribution in [0.2, 0.25) is 5.28 Å². The maximum absolute atomic E-state index is 5.88. The molecule has 0 fully saturated rings. The van der Waals surface area contributed by atoms with Gasteiger partial charge in [0.05, 0.1) is 6.61 Å². The van der Waals surface area contributed by atoms with Crippen LogP contribution >= 0.6 is 11.6 Å². The van der Waals surface area contributed by atoms with E-state index in [0.717, 1.165) is 17.7 Å². The lowest BCUT2D eigenvalue weighted by Crippen LogP contribution is -2.05. The number of hydrogen-bond donors (Lipinski definition) is 1. The van der Waals surface area contributed by atoms with E-state index in [4.69, 9.17) is 16.3 Å². The Hall–Kier alpha value is -1.88. The quantitative estimate of drug-likeness (QED) is 0.911. The molecule has 2 aromatic rings. The van der Waals surface area contributed by atoms with Gasteiger partial charge in [-0.15, -0.1) is 0 Å². The first-order valence-corrected chi connectivity index (χ1v) is 6.85. The highest BCUT2D eigenvalue weighted by Crippen LogP contribution is 2.22. The number of anilines is 2. The van der Waals surface area contributed by atoms with Gasteiger partial charge < -0.3 is 10.1 Å². The van der Waals surface area contributed by atoms with E-state index in [1.54, 1.807) is 0 Å². The lowest BCUT2D eigenvalue weighted by atomic mass is 10.1. The Kier molecular flexibility index (Phi) is 4.74. The van der Waals surface area contributed by atoms with E-state index in [2.05, 4.69) is 33.3 Å². The molecule has 1 N–H and O–H groups in total. The van der Waals surface area contributed by atoms with Crippen LogP contribution in [0.15, 0.2) is 18.2 Å². The third-order valence-corrected chi connectivity index (χ3v) is 3.04. The minimum absolute atomic E-state index is 0.110. The second-order valence-corrected chi connectivity index (χ2v) is 4.77. The van der Waals surface area contributed by atoms with Gasteiger partial charge >= 0.3 is 6.01 Å². The van der Waals surface area contributed by atoms with E-state index in [1.165, 1.54) is 5.56 Å². The van der Waals surface area contributed by atoms with Gasteiger partial charge in [0.2, 0.25) is 11.2 Å². The van der Waals surface area contributed by atoms with Crippen molar-refractivity contribution in [2.24, 2.45) is 0 Å². The predicted octanol–water partition coefficient (Wildman–Crippen LogP) is 3.67. The van der Waals surface area contributed by atoms with E-state index >= 15 is 0 Å².